The van der Waals surface area contributed by atoms with Gasteiger partial charge in [-0.15, -0.1) is 0 Å². The lowest BCUT2D eigenvalue weighted by Crippen LogP contribution is -1.97. The van der Waals surface area contributed by atoms with Crippen molar-refractivity contribution in [3.05, 3.63) is 65.0 Å². The van der Waals surface area contributed by atoms with E-state index in [4.69, 9.17) is 10.00 Å². The molecule has 0 heterocycles. The Kier molecular flexibility index (Phi) is 4.53. The molecule has 2 rings (SSSR count). The van der Waals surface area contributed by atoms with Crippen molar-refractivity contribution in [1.82, 2.24) is 0 Å². The maximum atomic E-state index is 13.2. The van der Waals surface area contributed by atoms with E-state index in [9.17, 15) is 4.39 Å². The highest BCUT2D eigenvalue weighted by Crippen LogP contribution is 2.17. The fourth-order valence-corrected chi connectivity index (χ4v) is 1.98. The second kappa shape index (κ2) is 6.35. The third-order valence-electron chi connectivity index (χ3n) is 2.61. The zero-order chi connectivity index (χ0) is 13.7. The second-order valence-electron chi connectivity index (χ2n) is 4.00. The van der Waals surface area contributed by atoms with E-state index in [1.54, 1.807) is 6.07 Å². The smallest absolute Gasteiger partial charge is 0.140 e. The molecule has 0 aliphatic heterocycles. The van der Waals surface area contributed by atoms with Gasteiger partial charge in [-0.05, 0) is 35.4 Å². The molecule has 0 atom stereocenters. The Morgan fingerprint density at radius 2 is 2.00 bits per heavy atom. The van der Waals surface area contributed by atoms with Crippen LogP contribution in [0.4, 0.5) is 4.39 Å². The average Bonchev–Trinajstić information content (AvgIpc) is 2.46. The first-order valence-electron chi connectivity index (χ1n) is 5.69. The van der Waals surface area contributed by atoms with Crippen molar-refractivity contribution in [1.29, 1.82) is 5.26 Å². The molecule has 0 saturated heterocycles. The van der Waals surface area contributed by atoms with Gasteiger partial charge in [0.25, 0.3) is 0 Å². The molecule has 0 saturated carbocycles. The number of alkyl halides is 1. The summed E-state index contributed by atoms with van der Waals surface area (Å²) in [5.74, 6) is 0.243. The van der Waals surface area contributed by atoms with E-state index in [0.29, 0.717) is 6.61 Å². The van der Waals surface area contributed by atoms with Gasteiger partial charge >= 0.3 is 0 Å². The summed E-state index contributed by atoms with van der Waals surface area (Å²) in [7, 11) is 0. The van der Waals surface area contributed by atoms with Gasteiger partial charge in [0.2, 0.25) is 0 Å². The number of nitriles is 1. The molecule has 0 aromatic heterocycles. The minimum atomic E-state index is -0.507. The lowest BCUT2D eigenvalue weighted by atomic mass is 10.1. The Morgan fingerprint density at radius 1 is 1.16 bits per heavy atom. The molecule has 2 nitrogen and oxygen atoms in total. The number of ether oxygens (including phenoxy) is 1. The van der Waals surface area contributed by atoms with Gasteiger partial charge in [-0.1, -0.05) is 34.1 Å². The van der Waals surface area contributed by atoms with Crippen molar-refractivity contribution < 1.29 is 9.13 Å². The molecule has 0 aliphatic carbocycles. The lowest BCUT2D eigenvalue weighted by molar-refractivity contribution is 0.306. The van der Waals surface area contributed by atoms with Crippen LogP contribution in [-0.2, 0) is 11.9 Å². The molecule has 2 aromatic rings. The first-order chi connectivity index (χ1) is 9.22. The molecule has 0 fully saturated rings. The summed E-state index contributed by atoms with van der Waals surface area (Å²) in [4.78, 5) is 0. The van der Waals surface area contributed by atoms with Gasteiger partial charge in [-0.2, -0.15) is 5.26 Å². The Hall–Kier alpha value is -1.86. The third kappa shape index (κ3) is 3.55. The predicted molar refractivity (Wildman–Crippen MR) is 74.5 cm³/mol. The maximum absolute atomic E-state index is 13.2. The van der Waals surface area contributed by atoms with E-state index in [-0.39, 0.29) is 5.56 Å². The molecule has 0 amide bonds. The molecule has 19 heavy (non-hydrogen) atoms. The molecule has 0 radical (unpaired) electrons. The third-order valence-corrected chi connectivity index (χ3v) is 3.26. The summed E-state index contributed by atoms with van der Waals surface area (Å²) in [5.41, 5.74) is 1.92. The summed E-state index contributed by atoms with van der Waals surface area (Å²) < 4.78 is 18.8. The van der Waals surface area contributed by atoms with E-state index < -0.39 is 5.82 Å². The normalized spacial score (nSPS) is 9.95. The first-order valence-corrected chi connectivity index (χ1v) is 6.81. The zero-order valence-electron chi connectivity index (χ0n) is 10.1. The van der Waals surface area contributed by atoms with Crippen molar-refractivity contribution >= 4 is 15.9 Å². The minimum Gasteiger partial charge on any atom is -0.489 e. The molecule has 0 spiro atoms. The number of rotatable bonds is 4. The molecule has 0 N–H and O–H groups in total. The Balaban J connectivity index is 2.08. The quantitative estimate of drug-likeness (QED) is 0.792. The van der Waals surface area contributed by atoms with Crippen molar-refractivity contribution in [3.63, 3.8) is 0 Å². The summed E-state index contributed by atoms with van der Waals surface area (Å²) >= 11 is 3.38. The largest absolute Gasteiger partial charge is 0.489 e. The van der Waals surface area contributed by atoms with Gasteiger partial charge in [-0.25, -0.2) is 4.39 Å². The average molecular weight is 320 g/mol. The topological polar surface area (TPSA) is 33.0 Å². The minimum absolute atomic E-state index is 0.0373. The van der Waals surface area contributed by atoms with Crippen molar-refractivity contribution in [2.24, 2.45) is 0 Å². The predicted octanol–water partition coefficient (Wildman–Crippen LogP) is 4.17. The second-order valence-corrected chi connectivity index (χ2v) is 4.56. The standard InChI is InChI=1S/C15H11BrFNO/c16-8-11-2-1-3-14(7-11)19-10-12-4-5-15(17)13(6-12)9-18/h1-7H,8,10H2. The van der Waals surface area contributed by atoms with E-state index in [2.05, 4.69) is 15.9 Å². The lowest BCUT2D eigenvalue weighted by Gasteiger charge is -2.07. The van der Waals surface area contributed by atoms with Crippen LogP contribution in [0.15, 0.2) is 42.5 Å². The molecule has 4 heteroatoms. The molecule has 2 aromatic carbocycles. The highest BCUT2D eigenvalue weighted by molar-refractivity contribution is 9.08. The van der Waals surface area contributed by atoms with Gasteiger partial charge < -0.3 is 4.74 Å². The number of hydrogen-bond donors (Lipinski definition) is 0. The Labute approximate surface area is 119 Å². The Morgan fingerprint density at radius 3 is 2.74 bits per heavy atom. The molecule has 0 aliphatic rings. The van der Waals surface area contributed by atoms with Crippen LogP contribution in [0.3, 0.4) is 0 Å². The number of halogens is 2. The van der Waals surface area contributed by atoms with Crippen molar-refractivity contribution in [2.75, 3.05) is 0 Å². The molecular weight excluding hydrogens is 309 g/mol. The van der Waals surface area contributed by atoms with Crippen LogP contribution in [0.2, 0.25) is 0 Å². The van der Waals surface area contributed by atoms with Crippen LogP contribution in [-0.4, -0.2) is 0 Å². The van der Waals surface area contributed by atoms with E-state index in [1.165, 1.54) is 12.1 Å². The maximum Gasteiger partial charge on any atom is 0.140 e. The number of benzene rings is 2. The van der Waals surface area contributed by atoms with Crippen LogP contribution >= 0.6 is 15.9 Å². The van der Waals surface area contributed by atoms with Gasteiger partial charge in [0, 0.05) is 5.33 Å². The monoisotopic (exact) mass is 319 g/mol. The first kappa shape index (κ1) is 13.6. The summed E-state index contributed by atoms with van der Waals surface area (Å²) in [5, 5.41) is 9.52. The summed E-state index contributed by atoms with van der Waals surface area (Å²) in [6.45, 7) is 0.306. The fraction of sp³-hybridized carbons (Fsp3) is 0.133. The zero-order valence-corrected chi connectivity index (χ0v) is 11.7. The summed E-state index contributed by atoms with van der Waals surface area (Å²) in [6, 6.07) is 13.9. The van der Waals surface area contributed by atoms with Crippen LogP contribution in [0.25, 0.3) is 0 Å². The van der Waals surface area contributed by atoms with Gasteiger partial charge in [0.15, 0.2) is 0 Å². The van der Waals surface area contributed by atoms with Gasteiger partial charge in [-0.3, -0.25) is 0 Å². The van der Waals surface area contributed by atoms with E-state index >= 15 is 0 Å². The van der Waals surface area contributed by atoms with Crippen LogP contribution in [0.1, 0.15) is 16.7 Å². The van der Waals surface area contributed by atoms with E-state index in [0.717, 1.165) is 22.2 Å². The molecular formula is C15H11BrFNO. The Bertz CT molecular complexity index is 622. The van der Waals surface area contributed by atoms with Gasteiger partial charge in [0.05, 0.1) is 5.56 Å². The number of hydrogen-bond acceptors (Lipinski definition) is 2. The SMILES string of the molecule is N#Cc1cc(COc2cccc(CBr)c2)ccc1F. The summed E-state index contributed by atoms with van der Waals surface area (Å²) in [6.07, 6.45) is 0. The van der Waals surface area contributed by atoms with Crippen LogP contribution in [0, 0.1) is 17.1 Å². The van der Waals surface area contributed by atoms with Crippen LogP contribution < -0.4 is 4.74 Å². The van der Waals surface area contributed by atoms with Crippen LogP contribution in [0.5, 0.6) is 5.75 Å². The highest BCUT2D eigenvalue weighted by Gasteiger charge is 2.03. The van der Waals surface area contributed by atoms with Gasteiger partial charge in [0.1, 0.15) is 24.2 Å². The molecule has 96 valence electrons. The molecule has 0 bridgehead atoms. The highest BCUT2D eigenvalue weighted by atomic mass is 79.9. The number of nitrogens with zero attached hydrogens (tertiary/aromatic N) is 1. The van der Waals surface area contributed by atoms with Crippen molar-refractivity contribution in [3.8, 4) is 11.8 Å². The molecule has 0 unspecified atom stereocenters. The van der Waals surface area contributed by atoms with E-state index in [1.807, 2.05) is 30.3 Å². The van der Waals surface area contributed by atoms with Crippen molar-refractivity contribution in [2.45, 2.75) is 11.9 Å². The fourth-order valence-electron chi connectivity index (χ4n) is 1.63.